The summed E-state index contributed by atoms with van der Waals surface area (Å²) in [5.41, 5.74) is 3.32. The molecule has 0 fully saturated rings. The highest BCUT2D eigenvalue weighted by Gasteiger charge is 2.13. The summed E-state index contributed by atoms with van der Waals surface area (Å²) in [4.78, 5) is 12.2. The van der Waals surface area contributed by atoms with E-state index in [1.807, 2.05) is 60.7 Å². The summed E-state index contributed by atoms with van der Waals surface area (Å²) >= 11 is 0. The maximum atomic E-state index is 12.2. The van der Waals surface area contributed by atoms with Gasteiger partial charge in [0.1, 0.15) is 23.8 Å². The first-order valence-electron chi connectivity index (χ1n) is 9.70. The molecule has 3 aromatic carbocycles. The number of furan rings is 1. The number of amides is 1. The summed E-state index contributed by atoms with van der Waals surface area (Å²) in [6.45, 7) is 0.358. The second-order valence-corrected chi connectivity index (χ2v) is 6.86. The lowest BCUT2D eigenvalue weighted by atomic mass is 9.95. The number of nitrogens with one attached hydrogen (secondary N) is 1. The Morgan fingerprint density at radius 3 is 2.65 bits per heavy atom. The molecule has 4 aromatic rings. The molecule has 0 aliphatic carbocycles. The summed E-state index contributed by atoms with van der Waals surface area (Å²) in [5.74, 6) is 1.22. The van der Waals surface area contributed by atoms with E-state index < -0.39 is 0 Å². The number of benzene rings is 3. The normalized spacial score (nSPS) is 10.5. The molecule has 0 saturated heterocycles. The molecule has 0 atom stereocenters. The van der Waals surface area contributed by atoms with Crippen molar-refractivity contribution in [3.8, 4) is 28.7 Å². The van der Waals surface area contributed by atoms with Crippen LogP contribution in [-0.4, -0.2) is 19.6 Å². The fourth-order valence-electron chi connectivity index (χ4n) is 3.43. The summed E-state index contributed by atoms with van der Waals surface area (Å²) in [6.07, 6.45) is 2.89. The quantitative estimate of drug-likeness (QED) is 0.465. The maximum absolute atomic E-state index is 12.2. The van der Waals surface area contributed by atoms with Gasteiger partial charge in [-0.1, -0.05) is 30.3 Å². The number of ether oxygens (including phenoxy) is 2. The zero-order valence-corrected chi connectivity index (χ0v) is 16.9. The smallest absolute Gasteiger partial charge is 0.254 e. The van der Waals surface area contributed by atoms with E-state index in [0.717, 1.165) is 33.2 Å². The Morgan fingerprint density at radius 2 is 1.94 bits per heavy atom. The number of hydrogen-bond donors (Lipinski definition) is 1. The minimum absolute atomic E-state index is 0.0349. The van der Waals surface area contributed by atoms with Crippen LogP contribution in [0.3, 0.4) is 0 Å². The van der Waals surface area contributed by atoms with Crippen LogP contribution in [0.1, 0.15) is 15.9 Å². The van der Waals surface area contributed by atoms with E-state index in [9.17, 15) is 4.79 Å². The van der Waals surface area contributed by atoms with Crippen LogP contribution in [-0.2, 0) is 6.54 Å². The third-order valence-corrected chi connectivity index (χ3v) is 4.95. The molecule has 31 heavy (non-hydrogen) atoms. The van der Waals surface area contributed by atoms with Crippen LogP contribution < -0.4 is 14.8 Å². The van der Waals surface area contributed by atoms with Gasteiger partial charge in [-0.3, -0.25) is 4.79 Å². The molecule has 6 nitrogen and oxygen atoms in total. The number of rotatable bonds is 7. The number of nitrogens with zero attached hydrogens (tertiary/aromatic N) is 1. The second kappa shape index (κ2) is 9.06. The zero-order chi connectivity index (χ0) is 21.6. The maximum Gasteiger partial charge on any atom is 0.254 e. The molecule has 0 aliphatic heterocycles. The van der Waals surface area contributed by atoms with E-state index in [1.165, 1.54) is 12.5 Å². The van der Waals surface area contributed by atoms with Gasteiger partial charge in [0.05, 0.1) is 18.9 Å². The number of carbonyl (C=O) groups is 1. The minimum atomic E-state index is -0.187. The molecule has 0 unspecified atom stereocenters. The Labute approximate surface area is 179 Å². The third kappa shape index (κ3) is 4.36. The standard InChI is InChI=1S/C25H20N2O4/c1-29-21-6-3-18(4-7-21)24-22-8-2-17(15-27-25(28)20-10-12-30-16-20)14-19(22)5-9-23(24)31-13-11-26/h2-10,12,14,16H,13,15H2,1H3,(H,27,28). The van der Waals surface area contributed by atoms with E-state index >= 15 is 0 Å². The lowest BCUT2D eigenvalue weighted by molar-refractivity contribution is 0.0950. The van der Waals surface area contributed by atoms with Crippen molar-refractivity contribution >= 4 is 16.7 Å². The molecular weight excluding hydrogens is 392 g/mol. The van der Waals surface area contributed by atoms with Crippen molar-refractivity contribution in [2.24, 2.45) is 0 Å². The molecule has 1 heterocycles. The molecule has 0 bridgehead atoms. The van der Waals surface area contributed by atoms with Crippen LogP contribution in [0.4, 0.5) is 0 Å². The van der Waals surface area contributed by atoms with Gasteiger partial charge in [0.15, 0.2) is 6.61 Å². The third-order valence-electron chi connectivity index (χ3n) is 4.95. The molecular formula is C25H20N2O4. The molecule has 1 amide bonds. The first-order valence-corrected chi connectivity index (χ1v) is 9.70. The predicted molar refractivity (Wildman–Crippen MR) is 117 cm³/mol. The van der Waals surface area contributed by atoms with Crippen molar-refractivity contribution in [2.75, 3.05) is 13.7 Å². The van der Waals surface area contributed by atoms with Crippen molar-refractivity contribution in [3.63, 3.8) is 0 Å². The average molecular weight is 412 g/mol. The molecule has 6 heteroatoms. The monoisotopic (exact) mass is 412 g/mol. The fraction of sp³-hybridized carbons (Fsp3) is 0.120. The van der Waals surface area contributed by atoms with Crippen molar-refractivity contribution in [1.29, 1.82) is 5.26 Å². The summed E-state index contributed by atoms with van der Waals surface area (Å²) in [6, 6.07) is 21.2. The van der Waals surface area contributed by atoms with E-state index in [0.29, 0.717) is 17.9 Å². The number of methoxy groups -OCH3 is 1. The lowest BCUT2D eigenvalue weighted by Gasteiger charge is -2.15. The minimum Gasteiger partial charge on any atom is -0.497 e. The molecule has 4 rings (SSSR count). The van der Waals surface area contributed by atoms with Crippen molar-refractivity contribution in [3.05, 3.63) is 84.3 Å². The highest BCUT2D eigenvalue weighted by molar-refractivity contribution is 6.00. The Bertz CT molecular complexity index is 1240. The number of hydrogen-bond acceptors (Lipinski definition) is 5. The van der Waals surface area contributed by atoms with Crippen molar-refractivity contribution < 1.29 is 18.7 Å². The van der Waals surface area contributed by atoms with Crippen LogP contribution in [0.2, 0.25) is 0 Å². The number of carbonyl (C=O) groups excluding carboxylic acids is 1. The topological polar surface area (TPSA) is 84.5 Å². The van der Waals surface area contributed by atoms with E-state index in [4.69, 9.17) is 19.2 Å². The van der Waals surface area contributed by atoms with Gasteiger partial charge in [-0.15, -0.1) is 0 Å². The van der Waals surface area contributed by atoms with Gasteiger partial charge >= 0.3 is 0 Å². The zero-order valence-electron chi connectivity index (χ0n) is 16.9. The van der Waals surface area contributed by atoms with Gasteiger partial charge < -0.3 is 19.2 Å². The Morgan fingerprint density at radius 1 is 1.10 bits per heavy atom. The van der Waals surface area contributed by atoms with E-state index in [2.05, 4.69) is 5.32 Å². The van der Waals surface area contributed by atoms with Crippen molar-refractivity contribution in [2.45, 2.75) is 6.54 Å². The molecule has 154 valence electrons. The van der Waals surface area contributed by atoms with Gasteiger partial charge in [-0.25, -0.2) is 0 Å². The Kier molecular flexibility index (Phi) is 5.86. The van der Waals surface area contributed by atoms with Crippen LogP contribution >= 0.6 is 0 Å². The second-order valence-electron chi connectivity index (χ2n) is 6.86. The Balaban J connectivity index is 1.68. The van der Waals surface area contributed by atoms with E-state index in [-0.39, 0.29) is 12.5 Å². The van der Waals surface area contributed by atoms with E-state index in [1.54, 1.807) is 13.2 Å². The van der Waals surface area contributed by atoms with Gasteiger partial charge in [0, 0.05) is 12.1 Å². The molecule has 0 radical (unpaired) electrons. The van der Waals surface area contributed by atoms with Crippen LogP contribution in [0.5, 0.6) is 11.5 Å². The number of fused-ring (bicyclic) bond motifs is 1. The summed E-state index contributed by atoms with van der Waals surface area (Å²) < 4.78 is 15.9. The highest BCUT2D eigenvalue weighted by Crippen LogP contribution is 2.38. The summed E-state index contributed by atoms with van der Waals surface area (Å²) in [7, 11) is 1.63. The largest absolute Gasteiger partial charge is 0.497 e. The first-order chi connectivity index (χ1) is 15.2. The SMILES string of the molecule is COc1ccc(-c2c(OCC#N)ccc3cc(CNC(=O)c4ccoc4)ccc23)cc1. The molecule has 0 aliphatic rings. The predicted octanol–water partition coefficient (Wildman–Crippen LogP) is 4.94. The molecule has 0 spiro atoms. The van der Waals surface area contributed by atoms with Gasteiger partial charge in [-0.05, 0) is 52.2 Å². The first kappa shape index (κ1) is 20.0. The van der Waals surface area contributed by atoms with Crippen molar-refractivity contribution in [1.82, 2.24) is 5.32 Å². The lowest BCUT2D eigenvalue weighted by Crippen LogP contribution is -2.22. The fourth-order valence-corrected chi connectivity index (χ4v) is 3.43. The summed E-state index contributed by atoms with van der Waals surface area (Å²) in [5, 5.41) is 13.8. The molecule has 1 N–H and O–H groups in total. The van der Waals surface area contributed by atoms with Crippen LogP contribution in [0.15, 0.2) is 77.6 Å². The number of nitriles is 1. The van der Waals surface area contributed by atoms with Gasteiger partial charge in [0.2, 0.25) is 0 Å². The average Bonchev–Trinajstić information content (AvgIpc) is 3.36. The van der Waals surface area contributed by atoms with Gasteiger partial charge in [0.25, 0.3) is 5.91 Å². The van der Waals surface area contributed by atoms with Gasteiger partial charge in [-0.2, -0.15) is 5.26 Å². The Hall–Kier alpha value is -4.24. The molecule has 1 aromatic heterocycles. The van der Waals surface area contributed by atoms with Crippen LogP contribution in [0.25, 0.3) is 21.9 Å². The highest BCUT2D eigenvalue weighted by atomic mass is 16.5. The molecule has 0 saturated carbocycles. The van der Waals surface area contributed by atoms with Crippen LogP contribution in [0, 0.1) is 11.3 Å².